The lowest BCUT2D eigenvalue weighted by molar-refractivity contribution is 0.173. The number of aromatic nitrogens is 4. The summed E-state index contributed by atoms with van der Waals surface area (Å²) in [6.07, 6.45) is 7.39. The standard InChI is InChI=1S/C25H25BN6O2/c26-20-14-29-32-24(28-13-18-2-1-7-27-12-18)11-21(30-25(20)32)19-5-8-31(9-6-19)15-17-3-4-22-23(10-17)34-16-33-22/h1-4,7,10-12,14,19,28H,5-6,8-9,13,15-16H2. The van der Waals surface area contributed by atoms with Crippen molar-refractivity contribution in [3.63, 3.8) is 0 Å². The SMILES string of the molecule is [B]c1cnn2c(NCc3cccnc3)cc(C3CCN(Cc4ccc5c(c4)OCO5)CC3)nc12. The molecule has 4 aromatic rings. The Morgan fingerprint density at radius 1 is 1.03 bits per heavy atom. The monoisotopic (exact) mass is 452 g/mol. The molecule has 1 aromatic carbocycles. The zero-order valence-electron chi connectivity index (χ0n) is 18.9. The van der Waals surface area contributed by atoms with Crippen molar-refractivity contribution in [2.45, 2.75) is 31.8 Å². The van der Waals surface area contributed by atoms with Gasteiger partial charge in [-0.3, -0.25) is 9.88 Å². The highest BCUT2D eigenvalue weighted by Crippen LogP contribution is 2.34. The van der Waals surface area contributed by atoms with Crippen molar-refractivity contribution in [1.82, 2.24) is 24.5 Å². The Bertz CT molecular complexity index is 1300. The second-order valence-corrected chi connectivity index (χ2v) is 8.85. The van der Waals surface area contributed by atoms with Crippen molar-refractivity contribution in [3.8, 4) is 11.5 Å². The first-order valence-electron chi connectivity index (χ1n) is 11.6. The van der Waals surface area contributed by atoms with Crippen molar-refractivity contribution >= 4 is 24.8 Å². The van der Waals surface area contributed by atoms with E-state index >= 15 is 0 Å². The molecule has 6 rings (SSSR count). The first kappa shape index (κ1) is 21.0. The lowest BCUT2D eigenvalue weighted by Crippen LogP contribution is -2.32. The van der Waals surface area contributed by atoms with E-state index in [0.29, 0.717) is 30.4 Å². The summed E-state index contributed by atoms with van der Waals surface area (Å²) in [5.41, 5.74) is 4.71. The minimum absolute atomic E-state index is 0.308. The maximum absolute atomic E-state index is 6.19. The van der Waals surface area contributed by atoms with Crippen LogP contribution in [0.2, 0.25) is 0 Å². The Balaban J connectivity index is 1.16. The second kappa shape index (κ2) is 8.98. The number of rotatable bonds is 6. The van der Waals surface area contributed by atoms with Gasteiger partial charge >= 0.3 is 0 Å². The topological polar surface area (TPSA) is 76.8 Å². The van der Waals surface area contributed by atoms with E-state index < -0.39 is 0 Å². The summed E-state index contributed by atoms with van der Waals surface area (Å²) in [6, 6.07) is 12.3. The predicted molar refractivity (Wildman–Crippen MR) is 130 cm³/mol. The van der Waals surface area contributed by atoms with Crippen molar-refractivity contribution in [2.24, 2.45) is 0 Å². The van der Waals surface area contributed by atoms with Crippen LogP contribution in [-0.2, 0) is 13.1 Å². The minimum atomic E-state index is 0.308. The van der Waals surface area contributed by atoms with E-state index in [9.17, 15) is 0 Å². The number of ether oxygens (including phenoxy) is 2. The van der Waals surface area contributed by atoms with Crippen LogP contribution < -0.4 is 20.3 Å². The first-order valence-corrected chi connectivity index (χ1v) is 11.6. The van der Waals surface area contributed by atoms with E-state index in [-0.39, 0.29) is 0 Å². The summed E-state index contributed by atoms with van der Waals surface area (Å²) < 4.78 is 12.7. The average Bonchev–Trinajstić information content (AvgIpc) is 3.50. The number of fused-ring (bicyclic) bond motifs is 2. The quantitative estimate of drug-likeness (QED) is 0.451. The Hall–Kier alpha value is -3.59. The van der Waals surface area contributed by atoms with Gasteiger partial charge in [0, 0.05) is 49.4 Å². The molecule has 1 saturated heterocycles. The van der Waals surface area contributed by atoms with Crippen molar-refractivity contribution < 1.29 is 9.47 Å². The minimum Gasteiger partial charge on any atom is -0.454 e. The molecule has 5 heterocycles. The Morgan fingerprint density at radius 3 is 2.76 bits per heavy atom. The summed E-state index contributed by atoms with van der Waals surface area (Å²) >= 11 is 0. The molecule has 0 unspecified atom stereocenters. The molecule has 0 amide bonds. The molecule has 2 aliphatic heterocycles. The van der Waals surface area contributed by atoms with E-state index in [1.165, 1.54) is 5.56 Å². The third-order valence-electron chi connectivity index (χ3n) is 6.56. The number of pyridine rings is 1. The first-order chi connectivity index (χ1) is 16.7. The molecule has 0 aliphatic carbocycles. The van der Waals surface area contributed by atoms with Crippen LogP contribution in [0.5, 0.6) is 11.5 Å². The molecule has 2 aliphatic rings. The number of nitrogens with one attached hydrogen (secondary N) is 1. The van der Waals surface area contributed by atoms with Crippen LogP contribution in [0.1, 0.15) is 35.6 Å². The van der Waals surface area contributed by atoms with Crippen molar-refractivity contribution in [2.75, 3.05) is 25.2 Å². The maximum Gasteiger partial charge on any atom is 0.231 e. The molecule has 0 atom stereocenters. The van der Waals surface area contributed by atoms with Crippen LogP contribution in [-0.4, -0.2) is 52.2 Å². The van der Waals surface area contributed by atoms with E-state index in [2.05, 4.69) is 38.5 Å². The molecule has 0 spiro atoms. The highest BCUT2D eigenvalue weighted by Gasteiger charge is 2.24. The largest absolute Gasteiger partial charge is 0.454 e. The molecule has 0 saturated carbocycles. The Morgan fingerprint density at radius 2 is 1.91 bits per heavy atom. The van der Waals surface area contributed by atoms with E-state index in [0.717, 1.165) is 61.1 Å². The van der Waals surface area contributed by atoms with E-state index in [1.807, 2.05) is 24.4 Å². The average molecular weight is 452 g/mol. The van der Waals surface area contributed by atoms with Gasteiger partial charge in [-0.15, -0.1) is 0 Å². The van der Waals surface area contributed by atoms with Crippen LogP contribution in [0.15, 0.2) is 55.0 Å². The Labute approximate surface area is 199 Å². The van der Waals surface area contributed by atoms with E-state index in [4.69, 9.17) is 22.3 Å². The molecule has 34 heavy (non-hydrogen) atoms. The third-order valence-corrected chi connectivity index (χ3v) is 6.56. The molecule has 170 valence electrons. The number of piperidine rings is 1. The van der Waals surface area contributed by atoms with E-state index in [1.54, 1.807) is 16.9 Å². The van der Waals surface area contributed by atoms with Crippen LogP contribution >= 0.6 is 0 Å². The molecule has 9 heteroatoms. The van der Waals surface area contributed by atoms with Crippen LogP contribution in [0, 0.1) is 0 Å². The number of anilines is 1. The smallest absolute Gasteiger partial charge is 0.231 e. The molecule has 1 fully saturated rings. The van der Waals surface area contributed by atoms with Crippen molar-refractivity contribution in [3.05, 3.63) is 71.8 Å². The molecule has 1 N–H and O–H groups in total. The summed E-state index contributed by atoms with van der Waals surface area (Å²) in [5, 5.41) is 7.92. The fourth-order valence-electron chi connectivity index (χ4n) is 4.71. The fourth-order valence-corrected chi connectivity index (χ4v) is 4.71. The molecular formula is C25H25BN6O2. The lowest BCUT2D eigenvalue weighted by atomic mass is 9.92. The Kier molecular flexibility index (Phi) is 5.54. The summed E-state index contributed by atoms with van der Waals surface area (Å²) in [7, 11) is 6.19. The number of benzene rings is 1. The van der Waals surface area contributed by atoms with Gasteiger partial charge in [-0.05, 0) is 60.7 Å². The zero-order valence-corrected chi connectivity index (χ0v) is 18.9. The summed E-state index contributed by atoms with van der Waals surface area (Å²) in [4.78, 5) is 11.6. The highest BCUT2D eigenvalue weighted by molar-refractivity contribution is 6.36. The number of hydrogen-bond donors (Lipinski definition) is 1. The molecule has 2 radical (unpaired) electrons. The second-order valence-electron chi connectivity index (χ2n) is 8.85. The lowest BCUT2D eigenvalue weighted by Gasteiger charge is -2.32. The van der Waals surface area contributed by atoms with Crippen LogP contribution in [0.3, 0.4) is 0 Å². The van der Waals surface area contributed by atoms with Crippen LogP contribution in [0.4, 0.5) is 5.82 Å². The molecule has 0 bridgehead atoms. The van der Waals surface area contributed by atoms with Gasteiger partial charge in [0.2, 0.25) is 6.79 Å². The summed E-state index contributed by atoms with van der Waals surface area (Å²) in [5.74, 6) is 2.94. The van der Waals surface area contributed by atoms with Gasteiger partial charge in [0.05, 0.1) is 0 Å². The van der Waals surface area contributed by atoms with Crippen molar-refractivity contribution in [1.29, 1.82) is 0 Å². The van der Waals surface area contributed by atoms with Crippen LogP contribution in [0.25, 0.3) is 5.65 Å². The normalized spacial score (nSPS) is 16.2. The number of likely N-dealkylation sites (tertiary alicyclic amines) is 1. The predicted octanol–water partition coefficient (Wildman–Crippen LogP) is 2.64. The van der Waals surface area contributed by atoms with Gasteiger partial charge in [-0.2, -0.15) is 9.61 Å². The third kappa shape index (κ3) is 4.19. The molecule has 3 aromatic heterocycles. The highest BCUT2D eigenvalue weighted by atomic mass is 16.7. The molecule has 8 nitrogen and oxygen atoms in total. The summed E-state index contributed by atoms with van der Waals surface area (Å²) in [6.45, 7) is 3.89. The van der Waals surface area contributed by atoms with Gasteiger partial charge < -0.3 is 14.8 Å². The van der Waals surface area contributed by atoms with Gasteiger partial charge in [-0.1, -0.05) is 12.1 Å². The zero-order chi connectivity index (χ0) is 22.9. The van der Waals surface area contributed by atoms with Gasteiger partial charge in [0.1, 0.15) is 19.3 Å². The molecular weight excluding hydrogens is 427 g/mol. The van der Waals surface area contributed by atoms with Gasteiger partial charge in [-0.25, -0.2) is 4.98 Å². The number of hydrogen-bond acceptors (Lipinski definition) is 7. The van der Waals surface area contributed by atoms with Gasteiger partial charge in [0.25, 0.3) is 0 Å². The number of nitrogens with zero attached hydrogens (tertiary/aromatic N) is 5. The van der Waals surface area contributed by atoms with Gasteiger partial charge in [0.15, 0.2) is 11.5 Å². The maximum atomic E-state index is 6.19. The fraction of sp³-hybridized carbons (Fsp3) is 0.320.